The molecule has 0 spiro atoms. The molecule has 0 aliphatic heterocycles. The van der Waals surface area contributed by atoms with Crippen LogP contribution >= 0.6 is 0 Å². The Kier molecular flexibility index (Phi) is 3.17. The molecule has 86 valence electrons. The van der Waals surface area contributed by atoms with E-state index in [0.29, 0.717) is 18.4 Å². The van der Waals surface area contributed by atoms with Crippen LogP contribution in [0.5, 0.6) is 0 Å². The normalized spacial score (nSPS) is 24.4. The van der Waals surface area contributed by atoms with Crippen molar-refractivity contribution in [3.05, 3.63) is 29.6 Å². The molecule has 3 nitrogen and oxygen atoms in total. The maximum absolute atomic E-state index is 12.9. The van der Waals surface area contributed by atoms with Crippen molar-refractivity contribution in [2.45, 2.75) is 38.4 Å². The summed E-state index contributed by atoms with van der Waals surface area (Å²) in [6.45, 7) is 1.89. The fraction of sp³-hybridized carbons (Fsp3) is 0.500. The lowest BCUT2D eigenvalue weighted by Crippen LogP contribution is -2.33. The monoisotopic (exact) mass is 222 g/mol. The molecule has 0 bridgehead atoms. The summed E-state index contributed by atoms with van der Waals surface area (Å²) >= 11 is 0. The average molecular weight is 222 g/mol. The Morgan fingerprint density at radius 3 is 2.94 bits per heavy atom. The van der Waals surface area contributed by atoms with Crippen LogP contribution < -0.4 is 5.32 Å². The van der Waals surface area contributed by atoms with E-state index in [1.807, 2.05) is 6.92 Å². The maximum Gasteiger partial charge on any atom is 0.253 e. The predicted molar refractivity (Wildman–Crippen MR) is 59.0 cm³/mol. The second-order valence-corrected chi connectivity index (χ2v) is 4.33. The van der Waals surface area contributed by atoms with Crippen LogP contribution in [0.4, 0.5) is 4.39 Å². The molecule has 1 aromatic heterocycles. The second-order valence-electron chi connectivity index (χ2n) is 4.33. The average Bonchev–Trinajstić information content (AvgIpc) is 2.64. The van der Waals surface area contributed by atoms with Gasteiger partial charge in [-0.1, -0.05) is 0 Å². The van der Waals surface area contributed by atoms with Crippen molar-refractivity contribution in [1.29, 1.82) is 0 Å². The molecule has 1 aliphatic carbocycles. The van der Waals surface area contributed by atoms with Gasteiger partial charge in [0, 0.05) is 18.4 Å². The number of amides is 1. The highest BCUT2D eigenvalue weighted by molar-refractivity contribution is 5.94. The van der Waals surface area contributed by atoms with E-state index < -0.39 is 6.17 Å². The minimum Gasteiger partial charge on any atom is -0.349 e. The van der Waals surface area contributed by atoms with Gasteiger partial charge >= 0.3 is 0 Å². The third-order valence-corrected chi connectivity index (χ3v) is 2.84. The van der Waals surface area contributed by atoms with Crippen LogP contribution in [-0.4, -0.2) is 23.1 Å². The van der Waals surface area contributed by atoms with Gasteiger partial charge in [-0.15, -0.1) is 0 Å². The molecule has 2 rings (SSSR count). The summed E-state index contributed by atoms with van der Waals surface area (Å²) in [4.78, 5) is 15.7. The summed E-state index contributed by atoms with van der Waals surface area (Å²) < 4.78 is 12.9. The van der Waals surface area contributed by atoms with Crippen molar-refractivity contribution in [2.24, 2.45) is 0 Å². The zero-order chi connectivity index (χ0) is 11.5. The van der Waals surface area contributed by atoms with Gasteiger partial charge in [0.1, 0.15) is 6.17 Å². The summed E-state index contributed by atoms with van der Waals surface area (Å²) in [6, 6.07) is 1.76. The van der Waals surface area contributed by atoms with Gasteiger partial charge in [-0.25, -0.2) is 4.39 Å². The third kappa shape index (κ3) is 2.56. The SMILES string of the molecule is Cc1cncc(C(=O)N[C@@H]2CC[C@H](F)C2)c1. The molecular weight excluding hydrogens is 207 g/mol. The van der Waals surface area contributed by atoms with Crippen molar-refractivity contribution in [1.82, 2.24) is 10.3 Å². The van der Waals surface area contributed by atoms with E-state index in [0.717, 1.165) is 12.0 Å². The van der Waals surface area contributed by atoms with Gasteiger partial charge < -0.3 is 5.32 Å². The number of hydrogen-bond donors (Lipinski definition) is 1. The number of nitrogens with zero attached hydrogens (tertiary/aromatic N) is 1. The van der Waals surface area contributed by atoms with Crippen LogP contribution in [0.15, 0.2) is 18.5 Å². The van der Waals surface area contributed by atoms with Gasteiger partial charge in [0.25, 0.3) is 5.91 Å². The number of pyridine rings is 1. The van der Waals surface area contributed by atoms with E-state index in [9.17, 15) is 9.18 Å². The van der Waals surface area contributed by atoms with E-state index in [2.05, 4.69) is 10.3 Å². The highest BCUT2D eigenvalue weighted by atomic mass is 19.1. The molecule has 0 aromatic carbocycles. The van der Waals surface area contributed by atoms with Crippen LogP contribution in [0, 0.1) is 6.92 Å². The van der Waals surface area contributed by atoms with E-state index >= 15 is 0 Å². The first-order valence-electron chi connectivity index (χ1n) is 5.52. The van der Waals surface area contributed by atoms with E-state index in [4.69, 9.17) is 0 Å². The zero-order valence-corrected chi connectivity index (χ0v) is 9.24. The zero-order valence-electron chi connectivity index (χ0n) is 9.24. The molecule has 1 N–H and O–H groups in total. The summed E-state index contributed by atoms with van der Waals surface area (Å²) in [5, 5.41) is 2.83. The lowest BCUT2D eigenvalue weighted by atomic mass is 10.2. The molecule has 16 heavy (non-hydrogen) atoms. The number of aryl methyl sites for hydroxylation is 1. The lowest BCUT2D eigenvalue weighted by Gasteiger charge is -2.11. The highest BCUT2D eigenvalue weighted by Crippen LogP contribution is 2.22. The van der Waals surface area contributed by atoms with Gasteiger partial charge in [0.15, 0.2) is 0 Å². The highest BCUT2D eigenvalue weighted by Gasteiger charge is 2.25. The first-order chi connectivity index (χ1) is 7.65. The number of carbonyl (C=O) groups is 1. The quantitative estimate of drug-likeness (QED) is 0.831. The first-order valence-corrected chi connectivity index (χ1v) is 5.52. The van der Waals surface area contributed by atoms with Crippen molar-refractivity contribution in [3.8, 4) is 0 Å². The van der Waals surface area contributed by atoms with Gasteiger partial charge in [-0.2, -0.15) is 0 Å². The molecule has 0 saturated heterocycles. The lowest BCUT2D eigenvalue weighted by molar-refractivity contribution is 0.0936. The van der Waals surface area contributed by atoms with Crippen molar-refractivity contribution in [2.75, 3.05) is 0 Å². The molecule has 0 radical (unpaired) electrons. The molecule has 1 amide bonds. The maximum atomic E-state index is 12.9. The van der Waals surface area contributed by atoms with Gasteiger partial charge in [0.05, 0.1) is 5.56 Å². The van der Waals surface area contributed by atoms with E-state index in [1.54, 1.807) is 12.3 Å². The Bertz CT molecular complexity index is 394. The molecule has 1 fully saturated rings. The summed E-state index contributed by atoms with van der Waals surface area (Å²) in [7, 11) is 0. The number of halogens is 1. The fourth-order valence-electron chi connectivity index (χ4n) is 2.01. The minimum absolute atomic E-state index is 0.0250. The number of hydrogen-bond acceptors (Lipinski definition) is 2. The number of alkyl halides is 1. The number of aromatic nitrogens is 1. The van der Waals surface area contributed by atoms with Crippen molar-refractivity contribution >= 4 is 5.91 Å². The van der Waals surface area contributed by atoms with Crippen LogP contribution in [0.2, 0.25) is 0 Å². The van der Waals surface area contributed by atoms with Crippen LogP contribution in [-0.2, 0) is 0 Å². The summed E-state index contributed by atoms with van der Waals surface area (Å²) in [5.41, 5.74) is 1.49. The summed E-state index contributed by atoms with van der Waals surface area (Å²) in [6.07, 6.45) is 4.18. The molecule has 1 aromatic rings. The molecular formula is C12H15FN2O. The van der Waals surface area contributed by atoms with Gasteiger partial charge in [-0.05, 0) is 37.8 Å². The molecule has 1 aliphatic rings. The molecule has 1 heterocycles. The number of nitrogens with one attached hydrogen (secondary N) is 1. The Morgan fingerprint density at radius 1 is 1.50 bits per heavy atom. The van der Waals surface area contributed by atoms with Crippen molar-refractivity contribution in [3.63, 3.8) is 0 Å². The van der Waals surface area contributed by atoms with Crippen LogP contribution in [0.3, 0.4) is 0 Å². The molecule has 2 atom stereocenters. The molecule has 4 heteroatoms. The Morgan fingerprint density at radius 2 is 2.31 bits per heavy atom. The first kappa shape index (κ1) is 11.0. The van der Waals surface area contributed by atoms with Crippen LogP contribution in [0.25, 0.3) is 0 Å². The largest absolute Gasteiger partial charge is 0.349 e. The van der Waals surface area contributed by atoms with E-state index in [-0.39, 0.29) is 11.9 Å². The van der Waals surface area contributed by atoms with Crippen LogP contribution in [0.1, 0.15) is 35.2 Å². The van der Waals surface area contributed by atoms with E-state index in [1.165, 1.54) is 6.20 Å². The Balaban J connectivity index is 1.98. The predicted octanol–water partition coefficient (Wildman–Crippen LogP) is 2.01. The topological polar surface area (TPSA) is 42.0 Å². The fourth-order valence-corrected chi connectivity index (χ4v) is 2.01. The standard InChI is InChI=1S/C12H15FN2O/c1-8-4-9(7-14-6-8)12(16)15-11-3-2-10(13)5-11/h4,6-7,10-11H,2-3,5H2,1H3,(H,15,16)/t10-,11+/m0/s1. The second kappa shape index (κ2) is 4.60. The molecule has 0 unspecified atom stereocenters. The summed E-state index contributed by atoms with van der Waals surface area (Å²) in [5.74, 6) is -0.157. The molecule has 1 saturated carbocycles. The minimum atomic E-state index is -0.763. The smallest absolute Gasteiger partial charge is 0.253 e. The Labute approximate surface area is 94.1 Å². The number of carbonyl (C=O) groups excluding carboxylic acids is 1. The van der Waals surface area contributed by atoms with Crippen molar-refractivity contribution < 1.29 is 9.18 Å². The third-order valence-electron chi connectivity index (χ3n) is 2.84. The van der Waals surface area contributed by atoms with Gasteiger partial charge in [-0.3, -0.25) is 9.78 Å². The van der Waals surface area contributed by atoms with Gasteiger partial charge in [0.2, 0.25) is 0 Å². The number of rotatable bonds is 2. The Hall–Kier alpha value is -1.45.